The van der Waals surface area contributed by atoms with E-state index >= 15 is 0 Å². The summed E-state index contributed by atoms with van der Waals surface area (Å²) in [5.41, 5.74) is -0.466. The number of rotatable bonds is 3. The van der Waals surface area contributed by atoms with Crippen molar-refractivity contribution >= 4 is 5.97 Å². The summed E-state index contributed by atoms with van der Waals surface area (Å²) in [6, 6.07) is 0. The van der Waals surface area contributed by atoms with E-state index in [4.69, 9.17) is 11.5 Å². The Labute approximate surface area is 61.2 Å². The molecule has 1 N–H and O–H groups in total. The van der Waals surface area contributed by atoms with Crippen LogP contribution in [0.2, 0.25) is 0 Å². The van der Waals surface area contributed by atoms with Crippen molar-refractivity contribution in [2.75, 3.05) is 0 Å². The summed E-state index contributed by atoms with van der Waals surface area (Å²) in [5, 5.41) is 8.42. The van der Waals surface area contributed by atoms with Gasteiger partial charge in [-0.05, 0) is 13.3 Å². The van der Waals surface area contributed by atoms with E-state index in [1.165, 1.54) is 0 Å². The summed E-state index contributed by atoms with van der Waals surface area (Å²) in [6.07, 6.45) is 5.91. The molecule has 0 aliphatic carbocycles. The zero-order valence-corrected chi connectivity index (χ0v) is 6.35. The van der Waals surface area contributed by atoms with Gasteiger partial charge in [0, 0.05) is 5.41 Å². The highest BCUT2D eigenvalue weighted by Gasteiger charge is 2.21. The highest BCUT2D eigenvalue weighted by Crippen LogP contribution is 2.23. The summed E-state index contributed by atoms with van der Waals surface area (Å²) >= 11 is 0. The van der Waals surface area contributed by atoms with Crippen LogP contribution in [0, 0.1) is 17.8 Å². The predicted octanol–water partition coefficient (Wildman–Crippen LogP) is 1.51. The van der Waals surface area contributed by atoms with Crippen molar-refractivity contribution in [3.63, 3.8) is 0 Å². The molecule has 1 unspecified atom stereocenters. The maximum Gasteiger partial charge on any atom is 0.304 e. The van der Waals surface area contributed by atoms with Crippen LogP contribution in [-0.2, 0) is 4.79 Å². The summed E-state index contributed by atoms with van der Waals surface area (Å²) in [4.78, 5) is 10.2. The van der Waals surface area contributed by atoms with Crippen LogP contribution >= 0.6 is 0 Å². The van der Waals surface area contributed by atoms with E-state index in [0.29, 0.717) is 6.42 Å². The molecule has 0 radical (unpaired) electrons. The third kappa shape index (κ3) is 2.54. The van der Waals surface area contributed by atoms with Crippen molar-refractivity contribution in [2.24, 2.45) is 5.41 Å². The van der Waals surface area contributed by atoms with E-state index in [0.717, 1.165) is 0 Å². The quantitative estimate of drug-likeness (QED) is 0.603. The Morgan fingerprint density at radius 3 is 2.40 bits per heavy atom. The fourth-order valence-electron chi connectivity index (χ4n) is 0.612. The molecule has 0 saturated carbocycles. The standard InChI is InChI=1S/C8H12O2/c1-4-8(3,5-2)6-7(9)10/h1H,5-6H2,2-3H3,(H,9,10). The van der Waals surface area contributed by atoms with Crippen LogP contribution in [-0.4, -0.2) is 11.1 Å². The lowest BCUT2D eigenvalue weighted by Crippen LogP contribution is -2.17. The third-order valence-corrected chi connectivity index (χ3v) is 1.67. The molecule has 10 heavy (non-hydrogen) atoms. The van der Waals surface area contributed by atoms with Gasteiger partial charge in [0.05, 0.1) is 6.42 Å². The zero-order chi connectivity index (χ0) is 8.20. The Morgan fingerprint density at radius 2 is 2.30 bits per heavy atom. The van der Waals surface area contributed by atoms with E-state index in [-0.39, 0.29) is 6.42 Å². The van der Waals surface area contributed by atoms with Gasteiger partial charge in [-0.1, -0.05) is 12.8 Å². The van der Waals surface area contributed by atoms with Gasteiger partial charge in [0.1, 0.15) is 0 Å². The second kappa shape index (κ2) is 3.26. The fourth-order valence-corrected chi connectivity index (χ4v) is 0.612. The van der Waals surface area contributed by atoms with Crippen molar-refractivity contribution in [1.82, 2.24) is 0 Å². The third-order valence-electron chi connectivity index (χ3n) is 1.67. The second-order valence-corrected chi connectivity index (χ2v) is 2.63. The molecular weight excluding hydrogens is 128 g/mol. The number of hydrogen-bond acceptors (Lipinski definition) is 1. The Kier molecular flexibility index (Phi) is 2.95. The maximum absolute atomic E-state index is 10.2. The minimum atomic E-state index is -0.831. The summed E-state index contributed by atoms with van der Waals surface area (Å²) in [5.74, 6) is 1.65. The average Bonchev–Trinajstić information content (AvgIpc) is 1.87. The zero-order valence-electron chi connectivity index (χ0n) is 6.35. The molecule has 0 rings (SSSR count). The molecule has 1 atom stereocenters. The lowest BCUT2D eigenvalue weighted by Gasteiger charge is -2.17. The molecular formula is C8H12O2. The number of carbonyl (C=O) groups is 1. The van der Waals surface area contributed by atoms with Gasteiger partial charge in [0.25, 0.3) is 0 Å². The largest absolute Gasteiger partial charge is 0.481 e. The Hall–Kier alpha value is -0.970. The van der Waals surface area contributed by atoms with Crippen LogP contribution in [0.3, 0.4) is 0 Å². The van der Waals surface area contributed by atoms with E-state index < -0.39 is 11.4 Å². The lowest BCUT2D eigenvalue weighted by atomic mass is 9.85. The van der Waals surface area contributed by atoms with Crippen molar-refractivity contribution in [3.8, 4) is 12.3 Å². The monoisotopic (exact) mass is 140 g/mol. The number of carboxylic acid groups (broad SMARTS) is 1. The highest BCUT2D eigenvalue weighted by atomic mass is 16.4. The lowest BCUT2D eigenvalue weighted by molar-refractivity contribution is -0.138. The molecule has 0 amide bonds. The van der Waals surface area contributed by atoms with Crippen molar-refractivity contribution in [2.45, 2.75) is 26.7 Å². The average molecular weight is 140 g/mol. The van der Waals surface area contributed by atoms with Crippen molar-refractivity contribution in [1.29, 1.82) is 0 Å². The summed E-state index contributed by atoms with van der Waals surface area (Å²) < 4.78 is 0. The molecule has 0 aromatic carbocycles. The van der Waals surface area contributed by atoms with Gasteiger partial charge in [0.2, 0.25) is 0 Å². The first-order valence-electron chi connectivity index (χ1n) is 3.23. The predicted molar refractivity (Wildman–Crippen MR) is 39.5 cm³/mol. The van der Waals surface area contributed by atoms with Gasteiger partial charge >= 0.3 is 5.97 Å². The molecule has 0 bridgehead atoms. The molecule has 56 valence electrons. The molecule has 0 fully saturated rings. The van der Waals surface area contributed by atoms with Crippen LogP contribution in [0.5, 0.6) is 0 Å². The van der Waals surface area contributed by atoms with Gasteiger partial charge in [0.15, 0.2) is 0 Å². The van der Waals surface area contributed by atoms with Crippen molar-refractivity contribution in [3.05, 3.63) is 0 Å². The first-order chi connectivity index (χ1) is 4.54. The first-order valence-corrected chi connectivity index (χ1v) is 3.23. The summed E-state index contributed by atoms with van der Waals surface area (Å²) in [6.45, 7) is 3.67. The number of carboxylic acids is 1. The molecule has 0 spiro atoms. The van der Waals surface area contributed by atoms with Crippen LogP contribution in [0.25, 0.3) is 0 Å². The molecule has 2 heteroatoms. The van der Waals surface area contributed by atoms with Gasteiger partial charge in [-0.15, -0.1) is 6.42 Å². The van der Waals surface area contributed by atoms with Crippen LogP contribution < -0.4 is 0 Å². The first kappa shape index (κ1) is 9.03. The molecule has 0 heterocycles. The molecule has 2 nitrogen and oxygen atoms in total. The minimum Gasteiger partial charge on any atom is -0.481 e. The topological polar surface area (TPSA) is 37.3 Å². The van der Waals surface area contributed by atoms with Gasteiger partial charge in [-0.3, -0.25) is 4.79 Å². The number of hydrogen-bond donors (Lipinski definition) is 1. The molecule has 0 saturated heterocycles. The maximum atomic E-state index is 10.2. The van der Waals surface area contributed by atoms with Gasteiger partial charge in [-0.2, -0.15) is 0 Å². The van der Waals surface area contributed by atoms with E-state index in [2.05, 4.69) is 5.92 Å². The van der Waals surface area contributed by atoms with E-state index in [1.54, 1.807) is 6.92 Å². The van der Waals surface area contributed by atoms with Crippen LogP contribution in [0.4, 0.5) is 0 Å². The highest BCUT2D eigenvalue weighted by molar-refractivity contribution is 5.68. The fraction of sp³-hybridized carbons (Fsp3) is 0.625. The molecule has 0 aromatic rings. The number of aliphatic carboxylic acids is 1. The Bertz CT molecular complexity index is 167. The molecule has 0 aliphatic rings. The van der Waals surface area contributed by atoms with Gasteiger partial charge in [-0.25, -0.2) is 0 Å². The Balaban J connectivity index is 4.10. The molecule has 0 aromatic heterocycles. The normalized spacial score (nSPS) is 15.3. The minimum absolute atomic E-state index is 0.0556. The van der Waals surface area contributed by atoms with Crippen molar-refractivity contribution < 1.29 is 9.90 Å². The molecule has 0 aliphatic heterocycles. The van der Waals surface area contributed by atoms with E-state index in [9.17, 15) is 4.79 Å². The van der Waals surface area contributed by atoms with Gasteiger partial charge < -0.3 is 5.11 Å². The van der Waals surface area contributed by atoms with Crippen LogP contribution in [0.1, 0.15) is 26.7 Å². The van der Waals surface area contributed by atoms with Crippen LogP contribution in [0.15, 0.2) is 0 Å². The Morgan fingerprint density at radius 1 is 1.80 bits per heavy atom. The summed E-state index contributed by atoms with van der Waals surface area (Å²) in [7, 11) is 0. The smallest absolute Gasteiger partial charge is 0.304 e. The van der Waals surface area contributed by atoms with E-state index in [1.807, 2.05) is 6.92 Å². The number of terminal acetylenes is 1. The second-order valence-electron chi connectivity index (χ2n) is 2.63. The SMILES string of the molecule is C#CC(C)(CC)CC(=O)O.